The van der Waals surface area contributed by atoms with Crippen molar-refractivity contribution in [1.29, 1.82) is 0 Å². The second-order valence-corrected chi connectivity index (χ2v) is 10.7. The number of para-hydroxylation sites is 2. The third-order valence-electron chi connectivity index (χ3n) is 5.86. The average Bonchev–Trinajstić information content (AvgIpc) is 2.97. The number of anilines is 1. The molecule has 0 atom stereocenters. The summed E-state index contributed by atoms with van der Waals surface area (Å²) >= 11 is 0. The summed E-state index contributed by atoms with van der Waals surface area (Å²) in [5, 5.41) is 4.02. The number of benzene rings is 4. The van der Waals surface area contributed by atoms with Crippen molar-refractivity contribution >= 4 is 27.8 Å². The van der Waals surface area contributed by atoms with E-state index in [0.717, 1.165) is 15.4 Å². The Hall–Kier alpha value is -4.63. The molecule has 0 aliphatic rings. The van der Waals surface area contributed by atoms with Gasteiger partial charge in [0.05, 0.1) is 23.4 Å². The molecule has 40 heavy (non-hydrogen) atoms. The number of rotatable bonds is 12. The zero-order chi connectivity index (χ0) is 28.4. The minimum absolute atomic E-state index is 0.0577. The van der Waals surface area contributed by atoms with Gasteiger partial charge >= 0.3 is 0 Å². The van der Waals surface area contributed by atoms with E-state index in [1.807, 2.05) is 55.5 Å². The lowest BCUT2D eigenvalue weighted by atomic mass is 10.2. The minimum Gasteiger partial charge on any atom is -0.492 e. The predicted octanol–water partition coefficient (Wildman–Crippen LogP) is 5.32. The molecule has 0 aliphatic carbocycles. The van der Waals surface area contributed by atoms with E-state index in [1.54, 1.807) is 49.4 Å². The third-order valence-corrected chi connectivity index (χ3v) is 7.64. The van der Waals surface area contributed by atoms with Crippen LogP contribution in [0.5, 0.6) is 11.5 Å². The van der Waals surface area contributed by atoms with Crippen LogP contribution < -0.4 is 19.2 Å². The molecule has 1 N–H and O–H groups in total. The molecule has 4 rings (SSSR count). The van der Waals surface area contributed by atoms with E-state index in [1.165, 1.54) is 23.9 Å². The molecule has 0 aromatic heterocycles. The number of ether oxygens (including phenoxy) is 2. The number of carbonyl (C=O) groups is 1. The molecular formula is C31H31N3O5S. The van der Waals surface area contributed by atoms with Gasteiger partial charge in [0.25, 0.3) is 15.9 Å². The van der Waals surface area contributed by atoms with Gasteiger partial charge in [0, 0.05) is 0 Å². The predicted molar refractivity (Wildman–Crippen MR) is 156 cm³/mol. The number of amides is 1. The van der Waals surface area contributed by atoms with Crippen LogP contribution in [0.2, 0.25) is 0 Å². The lowest BCUT2D eigenvalue weighted by Crippen LogP contribution is -2.39. The summed E-state index contributed by atoms with van der Waals surface area (Å²) in [7, 11) is -4.07. The summed E-state index contributed by atoms with van der Waals surface area (Å²) in [4.78, 5) is 12.9. The highest BCUT2D eigenvalue weighted by molar-refractivity contribution is 7.92. The van der Waals surface area contributed by atoms with E-state index in [4.69, 9.17) is 9.47 Å². The number of nitrogens with zero attached hydrogens (tertiary/aromatic N) is 2. The summed E-state index contributed by atoms with van der Waals surface area (Å²) in [5.74, 6) is 0.446. The first kappa shape index (κ1) is 28.4. The Morgan fingerprint density at radius 3 is 2.25 bits per heavy atom. The van der Waals surface area contributed by atoms with E-state index in [-0.39, 0.29) is 10.6 Å². The molecular weight excluding hydrogens is 526 g/mol. The van der Waals surface area contributed by atoms with Crippen molar-refractivity contribution in [3.63, 3.8) is 0 Å². The number of hydrazone groups is 1. The molecule has 0 fully saturated rings. The summed E-state index contributed by atoms with van der Waals surface area (Å²) in [6.45, 7) is 4.14. The molecule has 0 radical (unpaired) electrons. The van der Waals surface area contributed by atoms with Crippen LogP contribution in [-0.2, 0) is 21.4 Å². The highest BCUT2D eigenvalue weighted by Crippen LogP contribution is 2.32. The minimum atomic E-state index is -4.07. The molecule has 0 spiro atoms. The lowest BCUT2D eigenvalue weighted by Gasteiger charge is -2.25. The average molecular weight is 558 g/mol. The zero-order valence-corrected chi connectivity index (χ0v) is 23.2. The van der Waals surface area contributed by atoms with Crippen LogP contribution in [0, 0.1) is 6.92 Å². The molecule has 0 saturated carbocycles. The van der Waals surface area contributed by atoms with Gasteiger partial charge in [-0.25, -0.2) is 13.8 Å². The highest BCUT2D eigenvalue weighted by Gasteiger charge is 2.29. The fourth-order valence-electron chi connectivity index (χ4n) is 3.81. The standard InChI is InChI=1S/C31H31N3O5S/c1-3-38-30-12-8-7-11-29(30)34(40(36,37)28-9-5-4-6-10-28)22-31(35)33-32-21-25-17-19-27(20-18-25)39-23-26-15-13-24(2)14-16-26/h4-21H,3,22-23H2,1-2H3,(H,33,35)/b32-21+. The molecule has 0 heterocycles. The van der Waals surface area contributed by atoms with Crippen molar-refractivity contribution in [3.05, 3.63) is 120 Å². The molecule has 1 amide bonds. The van der Waals surface area contributed by atoms with Crippen LogP contribution in [0.25, 0.3) is 0 Å². The topological polar surface area (TPSA) is 97.3 Å². The normalized spacial score (nSPS) is 11.2. The van der Waals surface area contributed by atoms with Crippen molar-refractivity contribution in [2.75, 3.05) is 17.5 Å². The first-order valence-electron chi connectivity index (χ1n) is 12.8. The molecule has 0 aliphatic heterocycles. The van der Waals surface area contributed by atoms with Crippen LogP contribution in [0.4, 0.5) is 5.69 Å². The van der Waals surface area contributed by atoms with Crippen LogP contribution >= 0.6 is 0 Å². The fourth-order valence-corrected chi connectivity index (χ4v) is 5.26. The van der Waals surface area contributed by atoms with Crippen molar-refractivity contribution in [1.82, 2.24) is 5.43 Å². The SMILES string of the molecule is CCOc1ccccc1N(CC(=O)N/N=C/c1ccc(OCc2ccc(C)cc2)cc1)S(=O)(=O)c1ccccc1. The van der Waals surface area contributed by atoms with Gasteiger partial charge in [-0.1, -0.05) is 60.2 Å². The lowest BCUT2D eigenvalue weighted by molar-refractivity contribution is -0.119. The van der Waals surface area contributed by atoms with Gasteiger partial charge in [-0.3, -0.25) is 9.10 Å². The number of hydrogen-bond acceptors (Lipinski definition) is 6. The van der Waals surface area contributed by atoms with Gasteiger partial charge in [-0.05, 0) is 73.5 Å². The van der Waals surface area contributed by atoms with Crippen molar-refractivity contribution in [2.45, 2.75) is 25.3 Å². The van der Waals surface area contributed by atoms with Gasteiger partial charge in [0.15, 0.2) is 0 Å². The summed E-state index contributed by atoms with van der Waals surface area (Å²) in [6.07, 6.45) is 1.48. The van der Waals surface area contributed by atoms with Crippen molar-refractivity contribution < 1.29 is 22.7 Å². The van der Waals surface area contributed by atoms with Crippen LogP contribution in [0.1, 0.15) is 23.6 Å². The van der Waals surface area contributed by atoms with Gasteiger partial charge in [0.2, 0.25) is 0 Å². The molecule has 4 aromatic carbocycles. The van der Waals surface area contributed by atoms with Gasteiger partial charge in [-0.15, -0.1) is 0 Å². The Bertz CT molecular complexity index is 1540. The van der Waals surface area contributed by atoms with Crippen LogP contribution in [0.15, 0.2) is 113 Å². The van der Waals surface area contributed by atoms with Crippen molar-refractivity contribution in [2.24, 2.45) is 5.10 Å². The van der Waals surface area contributed by atoms with Gasteiger partial charge in [-0.2, -0.15) is 5.10 Å². The third kappa shape index (κ3) is 7.48. The maximum Gasteiger partial charge on any atom is 0.264 e. The molecule has 0 bridgehead atoms. The monoisotopic (exact) mass is 557 g/mol. The molecule has 4 aromatic rings. The second kappa shape index (κ2) is 13.4. The summed E-state index contributed by atoms with van der Waals surface area (Å²) in [5.41, 5.74) is 5.69. The Morgan fingerprint density at radius 2 is 1.55 bits per heavy atom. The molecule has 8 nitrogen and oxygen atoms in total. The second-order valence-electron chi connectivity index (χ2n) is 8.86. The van der Waals surface area contributed by atoms with E-state index in [2.05, 4.69) is 10.5 Å². The molecule has 206 valence electrons. The number of hydrogen-bond donors (Lipinski definition) is 1. The molecule has 0 saturated heterocycles. The highest BCUT2D eigenvalue weighted by atomic mass is 32.2. The largest absolute Gasteiger partial charge is 0.492 e. The summed E-state index contributed by atoms with van der Waals surface area (Å²) < 4.78 is 39.6. The fraction of sp³-hybridized carbons (Fsp3) is 0.161. The maximum absolute atomic E-state index is 13.6. The zero-order valence-electron chi connectivity index (χ0n) is 22.4. The van der Waals surface area contributed by atoms with E-state index < -0.39 is 22.5 Å². The van der Waals surface area contributed by atoms with Crippen LogP contribution in [-0.4, -0.2) is 33.7 Å². The first-order chi connectivity index (χ1) is 19.4. The van der Waals surface area contributed by atoms with Gasteiger partial charge in [0.1, 0.15) is 24.7 Å². The molecule has 0 unspecified atom stereocenters. The Labute approximate surface area is 234 Å². The quantitative estimate of drug-likeness (QED) is 0.188. The number of nitrogens with one attached hydrogen (secondary N) is 1. The Balaban J connectivity index is 1.43. The van der Waals surface area contributed by atoms with Gasteiger partial charge < -0.3 is 9.47 Å². The summed E-state index contributed by atoms with van der Waals surface area (Å²) in [6, 6.07) is 30.0. The van der Waals surface area contributed by atoms with Crippen molar-refractivity contribution in [3.8, 4) is 11.5 Å². The smallest absolute Gasteiger partial charge is 0.264 e. The number of carbonyl (C=O) groups excluding carboxylic acids is 1. The van der Waals surface area contributed by atoms with E-state index in [0.29, 0.717) is 24.7 Å². The number of aryl methyl sites for hydroxylation is 1. The molecule has 9 heteroatoms. The number of sulfonamides is 1. The Kier molecular flexibility index (Phi) is 9.53. The van der Waals surface area contributed by atoms with E-state index >= 15 is 0 Å². The van der Waals surface area contributed by atoms with E-state index in [9.17, 15) is 13.2 Å². The maximum atomic E-state index is 13.6. The first-order valence-corrected chi connectivity index (χ1v) is 14.2. The van der Waals surface area contributed by atoms with Crippen LogP contribution in [0.3, 0.4) is 0 Å². The Morgan fingerprint density at radius 1 is 0.875 bits per heavy atom.